The highest BCUT2D eigenvalue weighted by Gasteiger charge is 2.37. The van der Waals surface area contributed by atoms with Gasteiger partial charge >= 0.3 is 6.09 Å². The van der Waals surface area contributed by atoms with Crippen LogP contribution in [0, 0.1) is 5.82 Å². The van der Waals surface area contributed by atoms with Crippen molar-refractivity contribution in [2.75, 3.05) is 32.8 Å². The van der Waals surface area contributed by atoms with Crippen LogP contribution in [0.1, 0.15) is 37.6 Å². The van der Waals surface area contributed by atoms with Crippen molar-refractivity contribution in [2.45, 2.75) is 96.9 Å². The molecule has 298 valence electrons. The summed E-state index contributed by atoms with van der Waals surface area (Å²) >= 11 is 0. The molecule has 1 aliphatic rings. The van der Waals surface area contributed by atoms with Crippen LogP contribution in [0.5, 0.6) is 11.5 Å². The van der Waals surface area contributed by atoms with Crippen LogP contribution in [0.3, 0.4) is 0 Å². The van der Waals surface area contributed by atoms with E-state index in [1.807, 2.05) is 29.0 Å². The summed E-state index contributed by atoms with van der Waals surface area (Å²) in [5.41, 5.74) is 2.92. The lowest BCUT2D eigenvalue weighted by Gasteiger charge is -2.36. The van der Waals surface area contributed by atoms with Crippen molar-refractivity contribution >= 4 is 39.4 Å². The Balaban J connectivity index is 1.32. The van der Waals surface area contributed by atoms with E-state index in [9.17, 15) is 14.7 Å². The zero-order chi connectivity index (χ0) is 40.0. The highest BCUT2D eigenvalue weighted by atomic mass is 28.4. The van der Waals surface area contributed by atoms with Crippen LogP contribution in [0.2, 0.25) is 43.8 Å². The molecule has 15 heteroatoms. The molecule has 0 bridgehead atoms. The predicted molar refractivity (Wildman–Crippen MR) is 217 cm³/mol. The predicted octanol–water partition coefficient (Wildman–Crippen LogP) is 7.72. The van der Waals surface area contributed by atoms with Crippen LogP contribution in [0.25, 0.3) is 11.0 Å². The number of carbonyl (C=O) groups is 2. The molecule has 4 aromatic rings. The first kappa shape index (κ1) is 42.0. The van der Waals surface area contributed by atoms with Gasteiger partial charge in [0.25, 0.3) is 0 Å². The number of carbonyl (C=O) groups excluding carboxylic acids is 1. The van der Waals surface area contributed by atoms with Crippen molar-refractivity contribution in [3.8, 4) is 11.5 Å². The van der Waals surface area contributed by atoms with Gasteiger partial charge in [0.15, 0.2) is 19.9 Å². The molecule has 2 amide bonds. The van der Waals surface area contributed by atoms with Gasteiger partial charge in [-0.15, -0.1) is 0 Å². The maximum Gasteiger partial charge on any atom is 0.405 e. The maximum absolute atomic E-state index is 15.8. The summed E-state index contributed by atoms with van der Waals surface area (Å²) < 4.78 is 36.8. The molecule has 0 spiro atoms. The third-order valence-electron chi connectivity index (χ3n) is 10.5. The molecule has 5 rings (SSSR count). The number of hydrogen-bond donors (Lipinski definition) is 2. The molecule has 0 radical (unpaired) electrons. The number of ether oxygens (including phenoxy) is 2. The first-order valence-electron chi connectivity index (χ1n) is 19.0. The van der Waals surface area contributed by atoms with Crippen molar-refractivity contribution in [2.24, 2.45) is 0 Å². The fourth-order valence-electron chi connectivity index (χ4n) is 6.10. The molecule has 0 saturated carbocycles. The molecule has 1 atom stereocenters. The van der Waals surface area contributed by atoms with E-state index in [2.05, 4.69) is 73.7 Å². The number of nitrogens with one attached hydrogen (secondary N) is 1. The average Bonchev–Trinajstić information content (AvgIpc) is 3.48. The number of rotatable bonds is 16. The first-order chi connectivity index (χ1) is 25.9. The highest BCUT2D eigenvalue weighted by Crippen LogP contribution is 2.39. The Labute approximate surface area is 326 Å². The van der Waals surface area contributed by atoms with Gasteiger partial charge in [0.05, 0.1) is 17.7 Å². The van der Waals surface area contributed by atoms with Gasteiger partial charge in [-0.25, -0.2) is 14.2 Å². The smallest absolute Gasteiger partial charge is 0.405 e. The number of piperazine rings is 1. The summed E-state index contributed by atoms with van der Waals surface area (Å²) in [6.45, 7) is 22.0. The van der Waals surface area contributed by atoms with E-state index < -0.39 is 34.3 Å². The van der Waals surface area contributed by atoms with Gasteiger partial charge in [-0.05, 0) is 60.1 Å². The number of fused-ring (bicyclic) bond motifs is 1. The Kier molecular flexibility index (Phi) is 13.6. The van der Waals surface area contributed by atoms with Crippen LogP contribution in [0.4, 0.5) is 9.18 Å². The molecule has 1 fully saturated rings. The number of nitrogens with zero attached hydrogens (tertiary/aromatic N) is 5. The average molecular weight is 793 g/mol. The molecule has 0 aliphatic carbocycles. The number of aromatic nitrogens is 3. The summed E-state index contributed by atoms with van der Waals surface area (Å²) in [5.74, 6) is -0.569. The standard InChI is InChI=1S/C40H57FN6O6Si2/c1-40(2,3)55(7,8)52-27-30-25-47(28-51-21-22-54(4,5)6)37-36(30)35(14-16-43-37)53-34-13-12-29(23-32(34)41)24-33(44-39(49)50)38(48)46-19-17-45(18-20-46)26-31-11-9-10-15-42-31/h9-16,23,25,33,44H,17-22,24,26-28H2,1-8H3,(H,49,50)/t33-/m0/s1. The van der Waals surface area contributed by atoms with Gasteiger partial charge < -0.3 is 33.8 Å². The maximum atomic E-state index is 15.8. The Bertz CT molecular complexity index is 1920. The highest BCUT2D eigenvalue weighted by molar-refractivity contribution is 6.76. The molecular formula is C40H57FN6O6Si2. The van der Waals surface area contributed by atoms with E-state index in [1.165, 1.54) is 12.1 Å². The lowest BCUT2D eigenvalue weighted by atomic mass is 10.0. The van der Waals surface area contributed by atoms with Crippen molar-refractivity contribution < 1.29 is 33.0 Å². The summed E-state index contributed by atoms with van der Waals surface area (Å²) in [5, 5.41) is 12.7. The van der Waals surface area contributed by atoms with Crippen molar-refractivity contribution in [1.29, 1.82) is 0 Å². The number of hydrogen-bond acceptors (Lipinski definition) is 8. The quantitative estimate of drug-likeness (QED) is 0.0865. The van der Waals surface area contributed by atoms with Crippen LogP contribution >= 0.6 is 0 Å². The SMILES string of the molecule is CC(C)(C)[Si](C)(C)OCc1cn(COCC[Si](C)(C)C)c2nccc(Oc3ccc(C[C@H](NC(=O)O)C(=O)N4CCN(Cc5ccccn5)CC4)cc3F)c12. The van der Waals surface area contributed by atoms with Gasteiger partial charge in [0.2, 0.25) is 5.91 Å². The molecule has 1 saturated heterocycles. The van der Waals surface area contributed by atoms with E-state index in [-0.39, 0.29) is 23.1 Å². The lowest BCUT2D eigenvalue weighted by molar-refractivity contribution is -0.135. The van der Waals surface area contributed by atoms with Crippen LogP contribution in [0.15, 0.2) is 61.1 Å². The van der Waals surface area contributed by atoms with Gasteiger partial charge in [-0.3, -0.25) is 14.7 Å². The third-order valence-corrected chi connectivity index (χ3v) is 16.6. The minimum atomic E-state index is -2.12. The molecule has 2 N–H and O–H groups in total. The normalized spacial score (nSPS) is 15.0. The van der Waals surface area contributed by atoms with Gasteiger partial charge in [0.1, 0.15) is 24.2 Å². The fraction of sp³-hybridized carbons (Fsp3) is 0.500. The second kappa shape index (κ2) is 17.8. The van der Waals surface area contributed by atoms with Crippen LogP contribution in [-0.2, 0) is 40.3 Å². The van der Waals surface area contributed by atoms with Crippen molar-refractivity contribution in [3.05, 3.63) is 83.7 Å². The minimum absolute atomic E-state index is 0.00675. The largest absolute Gasteiger partial charge is 0.465 e. The molecule has 1 aromatic carbocycles. The third kappa shape index (κ3) is 11.4. The van der Waals surface area contributed by atoms with Crippen molar-refractivity contribution in [3.63, 3.8) is 0 Å². The number of pyridine rings is 2. The minimum Gasteiger partial charge on any atom is -0.465 e. The monoisotopic (exact) mass is 792 g/mol. The second-order valence-electron chi connectivity index (χ2n) is 17.0. The Morgan fingerprint density at radius 3 is 2.36 bits per heavy atom. The number of halogens is 1. The second-order valence-corrected chi connectivity index (χ2v) is 27.5. The van der Waals surface area contributed by atoms with Crippen LogP contribution < -0.4 is 10.1 Å². The molecule has 0 unspecified atom stereocenters. The van der Waals surface area contributed by atoms with Gasteiger partial charge in [-0.2, -0.15) is 0 Å². The van der Waals surface area contributed by atoms with E-state index in [1.54, 1.807) is 29.4 Å². The van der Waals surface area contributed by atoms with Crippen LogP contribution in [-0.4, -0.2) is 96.7 Å². The molecule has 1 aliphatic heterocycles. The van der Waals surface area contributed by atoms with Crippen molar-refractivity contribution in [1.82, 2.24) is 29.7 Å². The van der Waals surface area contributed by atoms with Gasteiger partial charge in [0, 0.05) is 78.0 Å². The Hall–Kier alpha value is -4.16. The molecule has 55 heavy (non-hydrogen) atoms. The van der Waals surface area contributed by atoms with E-state index in [0.717, 1.165) is 22.7 Å². The zero-order valence-electron chi connectivity index (χ0n) is 33.5. The van der Waals surface area contributed by atoms with Gasteiger partial charge in [-0.1, -0.05) is 52.5 Å². The fourth-order valence-corrected chi connectivity index (χ4v) is 7.81. The molecular weight excluding hydrogens is 736 g/mol. The Morgan fingerprint density at radius 2 is 1.73 bits per heavy atom. The Morgan fingerprint density at radius 1 is 0.982 bits per heavy atom. The van der Waals surface area contributed by atoms with E-state index in [4.69, 9.17) is 13.9 Å². The number of carboxylic acid groups (broad SMARTS) is 1. The number of benzene rings is 1. The van der Waals surface area contributed by atoms with E-state index in [0.29, 0.717) is 69.6 Å². The lowest BCUT2D eigenvalue weighted by Crippen LogP contribution is -2.55. The summed E-state index contributed by atoms with van der Waals surface area (Å²) in [6.07, 6.45) is 4.03. The molecule has 12 nitrogen and oxygen atoms in total. The molecule has 3 aromatic heterocycles. The summed E-state index contributed by atoms with van der Waals surface area (Å²) in [4.78, 5) is 38.3. The van der Waals surface area contributed by atoms with E-state index >= 15 is 4.39 Å². The molecule has 4 heterocycles. The zero-order valence-corrected chi connectivity index (χ0v) is 35.5. The summed E-state index contributed by atoms with van der Waals surface area (Å²) in [6, 6.07) is 11.9. The topological polar surface area (TPSA) is 131 Å². The summed E-state index contributed by atoms with van der Waals surface area (Å²) in [7, 11) is -3.39. The first-order valence-corrected chi connectivity index (χ1v) is 25.6. The number of amides is 2.